The first kappa shape index (κ1) is 25.9. The van der Waals surface area contributed by atoms with Crippen molar-refractivity contribution in [2.24, 2.45) is 0 Å². The van der Waals surface area contributed by atoms with E-state index in [-0.39, 0.29) is 34.7 Å². The topological polar surface area (TPSA) is 157 Å². The van der Waals surface area contributed by atoms with E-state index < -0.39 is 46.0 Å². The largest absolute Gasteiger partial charge is 1.00 e. The van der Waals surface area contributed by atoms with Gasteiger partial charge in [-0.15, -0.1) is 22.7 Å². The average Bonchev–Trinajstić information content (AvgIpc) is 3.38. The van der Waals surface area contributed by atoms with Crippen LogP contribution in [0.1, 0.15) is 37.6 Å². The van der Waals surface area contributed by atoms with E-state index in [4.69, 9.17) is 0 Å². The number of nitrogens with one attached hydrogen (secondary N) is 3. The molecule has 0 unspecified atom stereocenters. The zero-order valence-corrected chi connectivity index (χ0v) is 21.2. The van der Waals surface area contributed by atoms with Crippen molar-refractivity contribution < 1.29 is 46.7 Å². The Bertz CT molecular complexity index is 1070. The van der Waals surface area contributed by atoms with Gasteiger partial charge in [-0.05, 0) is 25.8 Å². The molecule has 1 aromatic heterocycles. The number of hydrogen-bond acceptors (Lipinski definition) is 7. The monoisotopic (exact) mass is 668 g/mol. The van der Waals surface area contributed by atoms with Crippen molar-refractivity contribution >= 4 is 35.5 Å². The van der Waals surface area contributed by atoms with Gasteiger partial charge in [0.2, 0.25) is 17.7 Å². The van der Waals surface area contributed by atoms with E-state index in [2.05, 4.69) is 32.2 Å². The van der Waals surface area contributed by atoms with E-state index in [1.165, 1.54) is 16.7 Å². The van der Waals surface area contributed by atoms with Crippen LogP contribution in [0.3, 0.4) is 0 Å². The van der Waals surface area contributed by atoms with Crippen LogP contribution in [0, 0.1) is 6.20 Å². The summed E-state index contributed by atoms with van der Waals surface area (Å²) in [6.45, 7) is 3.53. The molecule has 2 aromatic rings. The van der Waals surface area contributed by atoms with Crippen LogP contribution in [-0.4, -0.2) is 71.3 Å². The molecule has 1 aromatic carbocycles. The summed E-state index contributed by atoms with van der Waals surface area (Å²) in [5.74, 6) is -2.43. The number of carboxylic acids is 1. The van der Waals surface area contributed by atoms with Crippen LogP contribution in [0.15, 0.2) is 30.3 Å². The number of H-pyrrole nitrogens is 1. The van der Waals surface area contributed by atoms with Crippen molar-refractivity contribution in [3.05, 3.63) is 47.8 Å². The Hall–Kier alpha value is -2.67. The Morgan fingerprint density at radius 3 is 2.62 bits per heavy atom. The molecule has 2 fully saturated rings. The molecule has 34 heavy (non-hydrogen) atoms. The number of carbonyl (C=O) groups is 4. The molecule has 0 aliphatic carbocycles. The third-order valence-corrected chi connectivity index (χ3v) is 7.27. The van der Waals surface area contributed by atoms with Crippen LogP contribution < -0.4 is 10.6 Å². The third-order valence-electron chi connectivity index (χ3n) is 5.70. The summed E-state index contributed by atoms with van der Waals surface area (Å²) >= 11 is 1.34. The molecule has 2 aliphatic heterocycles. The van der Waals surface area contributed by atoms with E-state index in [1.54, 1.807) is 44.2 Å². The minimum Gasteiger partial charge on any atom is -0.480 e. The van der Waals surface area contributed by atoms with E-state index in [0.717, 1.165) is 0 Å². The molecule has 0 saturated carbocycles. The van der Waals surface area contributed by atoms with Gasteiger partial charge in [-0.2, -0.15) is 0 Å². The maximum atomic E-state index is 13.2. The number of aliphatic carboxylic acids is 1. The minimum absolute atomic E-state index is 0. The summed E-state index contributed by atoms with van der Waals surface area (Å²) in [4.78, 5) is 51.4. The van der Waals surface area contributed by atoms with Crippen LogP contribution >= 0.6 is 11.8 Å². The van der Waals surface area contributed by atoms with Gasteiger partial charge < -0.3 is 37.0 Å². The van der Waals surface area contributed by atoms with Gasteiger partial charge in [-0.3, -0.25) is 14.4 Å². The molecule has 4 N–H and O–H groups in total. The number of carbonyl (C=O) groups excluding carboxylic acids is 3. The fraction of sp³-hybridized carbons (Fsp3) is 0.429. The number of aromatic nitrogens is 3. The first-order valence-electron chi connectivity index (χ1n) is 10.3. The van der Waals surface area contributed by atoms with Gasteiger partial charge in [0.1, 0.15) is 23.5 Å². The van der Waals surface area contributed by atoms with E-state index in [1.807, 2.05) is 0 Å². The number of nitrogens with zero attached hydrogens (tertiary/aromatic N) is 3. The number of thioether (sulfide) groups is 1. The molecule has 0 spiro atoms. The summed E-state index contributed by atoms with van der Waals surface area (Å²) in [5, 5.41) is 24.2. The molecular formula is C21H23AuN6O5S. The van der Waals surface area contributed by atoms with Crippen molar-refractivity contribution in [2.75, 3.05) is 0 Å². The first-order chi connectivity index (χ1) is 15.7. The maximum Gasteiger partial charge on any atom is 1.00 e. The van der Waals surface area contributed by atoms with Gasteiger partial charge >= 0.3 is 28.3 Å². The molecule has 2 aliphatic rings. The third kappa shape index (κ3) is 5.04. The molecule has 0 bridgehead atoms. The zero-order chi connectivity index (χ0) is 23.8. The van der Waals surface area contributed by atoms with Crippen LogP contribution in [0.25, 0.3) is 0 Å². The predicted molar refractivity (Wildman–Crippen MR) is 117 cm³/mol. The number of aromatic amines is 1. The number of benzene rings is 1. The summed E-state index contributed by atoms with van der Waals surface area (Å²) < 4.78 is -0.697. The average molecular weight is 668 g/mol. The molecule has 4 atom stereocenters. The van der Waals surface area contributed by atoms with Crippen molar-refractivity contribution in [2.45, 2.75) is 54.9 Å². The molecule has 184 valence electrons. The molecular weight excluding hydrogens is 645 g/mol. The maximum absolute atomic E-state index is 13.2. The molecule has 3 amide bonds. The van der Waals surface area contributed by atoms with E-state index >= 15 is 0 Å². The Balaban J connectivity index is 0.00000324. The van der Waals surface area contributed by atoms with Gasteiger partial charge in [0.25, 0.3) is 0 Å². The SMILES string of the molecule is CC1(C)S[C@@H]2[C@H](NC(=O)[C@H](NC(=O)CCc3[c-]nn[nH]3)c3ccccc3)C(=O)N2[C@H]1C(=O)O.[Au+]. The Labute approximate surface area is 215 Å². The van der Waals surface area contributed by atoms with Crippen molar-refractivity contribution in [1.29, 1.82) is 0 Å². The van der Waals surface area contributed by atoms with Crippen molar-refractivity contribution in [3.8, 4) is 0 Å². The van der Waals surface area contributed by atoms with Gasteiger partial charge in [0.05, 0.1) is 0 Å². The Morgan fingerprint density at radius 1 is 1.29 bits per heavy atom. The fourth-order valence-electron chi connectivity index (χ4n) is 4.11. The van der Waals surface area contributed by atoms with Gasteiger partial charge in [0, 0.05) is 11.2 Å². The molecule has 11 nitrogen and oxygen atoms in total. The number of β-lactam (4-membered cyclic amide) rings is 1. The predicted octanol–water partition coefficient (Wildman–Crippen LogP) is 0.0242. The second-order valence-electron chi connectivity index (χ2n) is 8.40. The number of fused-ring (bicyclic) bond motifs is 1. The summed E-state index contributed by atoms with van der Waals surface area (Å²) in [7, 11) is 0. The number of rotatable bonds is 8. The first-order valence-corrected chi connectivity index (χ1v) is 11.2. The zero-order valence-electron chi connectivity index (χ0n) is 18.2. The van der Waals surface area contributed by atoms with Crippen LogP contribution in [-0.2, 0) is 48.0 Å². The molecule has 0 radical (unpaired) electrons. The smallest absolute Gasteiger partial charge is 0.480 e. The molecule has 4 rings (SSSR count). The van der Waals surface area contributed by atoms with Crippen molar-refractivity contribution in [1.82, 2.24) is 30.9 Å². The summed E-state index contributed by atoms with van der Waals surface area (Å²) in [6, 6.07) is 5.86. The van der Waals surface area contributed by atoms with Gasteiger partial charge in [0.15, 0.2) is 0 Å². The van der Waals surface area contributed by atoms with Crippen molar-refractivity contribution in [3.63, 3.8) is 0 Å². The van der Waals surface area contributed by atoms with Crippen LogP contribution in [0.4, 0.5) is 0 Å². The minimum atomic E-state index is -1.08. The Kier molecular flexibility index (Phi) is 7.86. The van der Waals surface area contributed by atoms with Crippen LogP contribution in [0.5, 0.6) is 0 Å². The normalized spacial score (nSPS) is 23.2. The molecule has 13 heteroatoms. The second-order valence-corrected chi connectivity index (χ2v) is 10.2. The molecule has 3 heterocycles. The van der Waals surface area contributed by atoms with Gasteiger partial charge in [-0.25, -0.2) is 4.79 Å². The number of hydrogen-bond donors (Lipinski definition) is 4. The molecule has 2 saturated heterocycles. The number of aryl methyl sites for hydroxylation is 1. The van der Waals surface area contributed by atoms with E-state index in [0.29, 0.717) is 17.7 Å². The van der Waals surface area contributed by atoms with Crippen LogP contribution in [0.2, 0.25) is 0 Å². The number of carboxylic acid groups (broad SMARTS) is 1. The standard InChI is InChI=1S/C21H23N6O5S.Au/c1-21(2)16(20(31)32)27-18(30)15(19(27)33-21)24-17(29)14(11-6-4-3-5-7-11)23-13(28)9-8-12-10-22-26-25-12;/h3-7,14-16,19H,8-9H2,1-2H3,(H,23,28)(H,24,29)(H,31,32)(H,22,25,26);/q-1;+1/t14-,15-,16+,19-;/m1./s1. The second kappa shape index (κ2) is 10.3. The Morgan fingerprint density at radius 2 is 2.00 bits per heavy atom. The fourth-order valence-corrected chi connectivity index (χ4v) is 5.73. The number of amides is 3. The van der Waals surface area contributed by atoms with Gasteiger partial charge in [-0.1, -0.05) is 30.3 Å². The summed E-state index contributed by atoms with van der Waals surface area (Å²) in [6.07, 6.45) is 3.03. The quantitative estimate of drug-likeness (QED) is 0.174. The summed E-state index contributed by atoms with van der Waals surface area (Å²) in [5.41, 5.74) is 1.13. The van der Waals surface area contributed by atoms with E-state index in [9.17, 15) is 24.3 Å².